The summed E-state index contributed by atoms with van der Waals surface area (Å²) >= 11 is 0. The van der Waals surface area contributed by atoms with Crippen molar-refractivity contribution >= 4 is 5.97 Å². The highest BCUT2D eigenvalue weighted by Gasteiger charge is 2.23. The fourth-order valence-corrected chi connectivity index (χ4v) is 0.875. The van der Waals surface area contributed by atoms with E-state index in [4.69, 9.17) is 4.74 Å². The zero-order chi connectivity index (χ0) is 8.10. The molecular weight excluding hydrogens is 140 g/mol. The van der Waals surface area contributed by atoms with E-state index in [-0.39, 0.29) is 5.97 Å². The summed E-state index contributed by atoms with van der Waals surface area (Å²) in [6.07, 6.45) is 8.36. The summed E-state index contributed by atoms with van der Waals surface area (Å²) in [5.41, 5.74) is 0. The van der Waals surface area contributed by atoms with Crippen molar-refractivity contribution in [2.75, 3.05) is 6.61 Å². The van der Waals surface area contributed by atoms with Gasteiger partial charge in [-0.15, -0.1) is 0 Å². The van der Waals surface area contributed by atoms with E-state index in [0.29, 0.717) is 12.5 Å². The standard InChI is InChI=1S/C9H11O2/c1-2-11-9(10)8-6-4-3-5-7-8/h4-7H,2-3H2,1H3. The lowest BCUT2D eigenvalue weighted by atomic mass is 9.89. The average Bonchev–Trinajstić information content (AvgIpc) is 2.07. The second-order valence-corrected chi connectivity index (χ2v) is 2.22. The number of esters is 1. The highest BCUT2D eigenvalue weighted by Crippen LogP contribution is 2.22. The first-order valence-corrected chi connectivity index (χ1v) is 3.71. The van der Waals surface area contributed by atoms with E-state index in [9.17, 15) is 4.79 Å². The topological polar surface area (TPSA) is 26.3 Å². The number of carbonyl (C=O) groups is 1. The first-order chi connectivity index (χ1) is 5.34. The highest BCUT2D eigenvalue weighted by molar-refractivity contribution is 5.90. The minimum absolute atomic E-state index is 0.236. The molecule has 0 heterocycles. The van der Waals surface area contributed by atoms with Crippen LogP contribution in [-0.4, -0.2) is 12.6 Å². The third-order valence-electron chi connectivity index (χ3n) is 1.38. The van der Waals surface area contributed by atoms with E-state index >= 15 is 0 Å². The van der Waals surface area contributed by atoms with Crippen molar-refractivity contribution in [1.82, 2.24) is 0 Å². The van der Waals surface area contributed by atoms with Crippen molar-refractivity contribution in [3.63, 3.8) is 0 Å². The largest absolute Gasteiger partial charge is 0.466 e. The molecule has 0 N–H and O–H groups in total. The summed E-state index contributed by atoms with van der Waals surface area (Å²) in [4.78, 5) is 11.0. The summed E-state index contributed by atoms with van der Waals surface area (Å²) in [6.45, 7) is 2.23. The maximum atomic E-state index is 11.0. The zero-order valence-corrected chi connectivity index (χ0v) is 6.54. The van der Waals surface area contributed by atoms with Gasteiger partial charge in [-0.05, 0) is 39.0 Å². The van der Waals surface area contributed by atoms with Crippen molar-refractivity contribution in [2.45, 2.75) is 13.3 Å². The van der Waals surface area contributed by atoms with E-state index in [1.165, 1.54) is 0 Å². The summed E-state index contributed by atoms with van der Waals surface area (Å²) in [5.74, 6) is 0.401. The Morgan fingerprint density at radius 2 is 2.18 bits per heavy atom. The normalized spacial score (nSPS) is 19.7. The van der Waals surface area contributed by atoms with Gasteiger partial charge in [0.15, 0.2) is 0 Å². The van der Waals surface area contributed by atoms with Gasteiger partial charge in [0.25, 0.3) is 0 Å². The molecule has 0 aromatic carbocycles. The van der Waals surface area contributed by atoms with Crippen LogP contribution in [0.25, 0.3) is 0 Å². The van der Waals surface area contributed by atoms with E-state index in [2.05, 4.69) is 0 Å². The third-order valence-corrected chi connectivity index (χ3v) is 1.38. The van der Waals surface area contributed by atoms with Crippen molar-refractivity contribution in [1.29, 1.82) is 0 Å². The molecule has 1 aliphatic carbocycles. The first-order valence-electron chi connectivity index (χ1n) is 3.71. The van der Waals surface area contributed by atoms with Crippen LogP contribution in [-0.2, 0) is 9.53 Å². The fraction of sp³-hybridized carbons (Fsp3) is 0.333. The van der Waals surface area contributed by atoms with Crippen LogP contribution in [0.4, 0.5) is 0 Å². The molecule has 1 saturated carbocycles. The Kier molecular flexibility index (Phi) is 3.40. The van der Waals surface area contributed by atoms with E-state index in [0.717, 1.165) is 6.42 Å². The van der Waals surface area contributed by atoms with Crippen LogP contribution in [0.15, 0.2) is 0 Å². The van der Waals surface area contributed by atoms with Crippen molar-refractivity contribution < 1.29 is 9.53 Å². The van der Waals surface area contributed by atoms with Gasteiger partial charge in [-0.25, -0.2) is 0 Å². The number of carbonyl (C=O) groups excluding carboxylic acids is 1. The SMILES string of the molecule is CCOC(=O)[C]1[CH][CH]C[CH][CH]1. The van der Waals surface area contributed by atoms with Crippen molar-refractivity contribution in [3.8, 4) is 0 Å². The Labute approximate surface area is 67.9 Å². The lowest BCUT2D eigenvalue weighted by Crippen LogP contribution is -2.19. The summed E-state index contributed by atoms with van der Waals surface area (Å²) < 4.78 is 4.80. The molecule has 1 rings (SSSR count). The number of hydrogen-bond acceptors (Lipinski definition) is 2. The van der Waals surface area contributed by atoms with Gasteiger partial charge in [-0.1, -0.05) is 0 Å². The smallest absolute Gasteiger partial charge is 0.313 e. The number of rotatable bonds is 2. The maximum Gasteiger partial charge on any atom is 0.313 e. The molecule has 0 unspecified atom stereocenters. The van der Waals surface area contributed by atoms with E-state index in [1.807, 2.05) is 12.8 Å². The second kappa shape index (κ2) is 4.37. The predicted octanol–water partition coefficient (Wildman–Crippen LogP) is 1.34. The van der Waals surface area contributed by atoms with Gasteiger partial charge in [-0.2, -0.15) is 0 Å². The lowest BCUT2D eigenvalue weighted by Gasteiger charge is -2.17. The van der Waals surface area contributed by atoms with Crippen LogP contribution in [0.2, 0.25) is 0 Å². The van der Waals surface area contributed by atoms with Crippen molar-refractivity contribution in [3.05, 3.63) is 31.6 Å². The maximum absolute atomic E-state index is 11.0. The molecule has 11 heavy (non-hydrogen) atoms. The molecule has 1 aliphatic rings. The van der Waals surface area contributed by atoms with Gasteiger partial charge in [-0.3, -0.25) is 4.79 Å². The highest BCUT2D eigenvalue weighted by atomic mass is 16.5. The Balaban J connectivity index is 2.27. The molecule has 0 bridgehead atoms. The molecule has 5 radical (unpaired) electrons. The minimum Gasteiger partial charge on any atom is -0.466 e. The zero-order valence-electron chi connectivity index (χ0n) is 6.54. The molecule has 0 saturated heterocycles. The van der Waals surface area contributed by atoms with Gasteiger partial charge in [0.1, 0.15) is 0 Å². The Morgan fingerprint density at radius 1 is 1.55 bits per heavy atom. The van der Waals surface area contributed by atoms with Gasteiger partial charge in [0, 0.05) is 0 Å². The van der Waals surface area contributed by atoms with Crippen LogP contribution in [0.3, 0.4) is 0 Å². The Bertz CT molecular complexity index is 126. The Hall–Kier alpha value is -0.530. The molecular formula is C9H11O2. The van der Waals surface area contributed by atoms with E-state index in [1.54, 1.807) is 19.8 Å². The molecule has 0 aromatic heterocycles. The van der Waals surface area contributed by atoms with Gasteiger partial charge in [0.05, 0.1) is 12.5 Å². The summed E-state index contributed by atoms with van der Waals surface area (Å²) in [5, 5.41) is 0. The number of ether oxygens (including phenoxy) is 1. The molecule has 0 amide bonds. The van der Waals surface area contributed by atoms with Crippen LogP contribution in [0.1, 0.15) is 13.3 Å². The molecule has 0 aromatic rings. The number of hydrogen-bond donors (Lipinski definition) is 0. The third kappa shape index (κ3) is 2.52. The first kappa shape index (κ1) is 8.57. The van der Waals surface area contributed by atoms with Crippen LogP contribution in [0, 0.1) is 31.6 Å². The molecule has 2 heteroatoms. The van der Waals surface area contributed by atoms with Gasteiger partial charge in [0.2, 0.25) is 0 Å². The van der Waals surface area contributed by atoms with Gasteiger partial charge < -0.3 is 4.74 Å². The fourth-order valence-electron chi connectivity index (χ4n) is 0.875. The molecule has 0 aliphatic heterocycles. The van der Waals surface area contributed by atoms with Crippen LogP contribution >= 0.6 is 0 Å². The molecule has 1 fully saturated rings. The molecule has 59 valence electrons. The van der Waals surface area contributed by atoms with Gasteiger partial charge >= 0.3 is 5.97 Å². The summed E-state index contributed by atoms with van der Waals surface area (Å²) in [6, 6.07) is 0. The van der Waals surface area contributed by atoms with Crippen molar-refractivity contribution in [2.24, 2.45) is 0 Å². The summed E-state index contributed by atoms with van der Waals surface area (Å²) in [7, 11) is 0. The van der Waals surface area contributed by atoms with E-state index < -0.39 is 0 Å². The quantitative estimate of drug-likeness (QED) is 0.557. The molecule has 0 atom stereocenters. The molecule has 2 nitrogen and oxygen atoms in total. The van der Waals surface area contributed by atoms with Crippen LogP contribution in [0.5, 0.6) is 0 Å². The lowest BCUT2D eigenvalue weighted by molar-refractivity contribution is -0.140. The minimum atomic E-state index is -0.236. The molecule has 0 spiro atoms. The predicted molar refractivity (Wildman–Crippen MR) is 41.7 cm³/mol. The average molecular weight is 151 g/mol. The second-order valence-electron chi connectivity index (χ2n) is 2.22. The Morgan fingerprint density at radius 3 is 2.73 bits per heavy atom. The van der Waals surface area contributed by atoms with Crippen LogP contribution < -0.4 is 0 Å². The monoisotopic (exact) mass is 151 g/mol.